The Labute approximate surface area is 125 Å². The quantitative estimate of drug-likeness (QED) is 0.881. The van der Waals surface area contributed by atoms with Gasteiger partial charge in [0, 0.05) is 23.0 Å². The van der Waals surface area contributed by atoms with Crippen LogP contribution >= 0.6 is 15.9 Å². The van der Waals surface area contributed by atoms with E-state index in [9.17, 15) is 9.90 Å². The maximum Gasteiger partial charge on any atom is 0.251 e. The monoisotopic (exact) mass is 337 g/mol. The molecule has 4 nitrogen and oxygen atoms in total. The minimum absolute atomic E-state index is 0.152. The van der Waals surface area contributed by atoms with E-state index in [1.54, 1.807) is 43.5 Å². The Morgan fingerprint density at radius 3 is 2.85 bits per heavy atom. The Hall–Kier alpha value is -1.59. The molecule has 1 aromatic carbocycles. The number of aliphatic hydroxyl groups is 1. The highest BCUT2D eigenvalue weighted by atomic mass is 79.9. The zero-order valence-corrected chi connectivity index (χ0v) is 12.7. The van der Waals surface area contributed by atoms with Crippen LogP contribution in [-0.2, 0) is 6.42 Å². The van der Waals surface area contributed by atoms with Crippen molar-refractivity contribution in [3.05, 3.63) is 58.5 Å². The Morgan fingerprint density at radius 1 is 1.40 bits per heavy atom. The van der Waals surface area contributed by atoms with Crippen molar-refractivity contribution < 1.29 is 14.3 Å². The molecule has 0 radical (unpaired) electrons. The van der Waals surface area contributed by atoms with Gasteiger partial charge in [0.15, 0.2) is 0 Å². The van der Waals surface area contributed by atoms with Crippen molar-refractivity contribution in [3.63, 3.8) is 0 Å². The highest BCUT2D eigenvalue weighted by molar-refractivity contribution is 9.10. The highest BCUT2D eigenvalue weighted by Crippen LogP contribution is 2.14. The van der Waals surface area contributed by atoms with Gasteiger partial charge in [0.05, 0.1) is 11.9 Å². The van der Waals surface area contributed by atoms with E-state index in [0.717, 1.165) is 4.47 Å². The van der Waals surface area contributed by atoms with Gasteiger partial charge in [-0.15, -0.1) is 0 Å². The van der Waals surface area contributed by atoms with Gasteiger partial charge < -0.3 is 14.8 Å². The number of benzene rings is 1. The smallest absolute Gasteiger partial charge is 0.251 e. The van der Waals surface area contributed by atoms with Gasteiger partial charge in [-0.2, -0.15) is 0 Å². The number of hydrogen-bond acceptors (Lipinski definition) is 3. The summed E-state index contributed by atoms with van der Waals surface area (Å²) in [6.07, 6.45) is 1.91. The number of furan rings is 1. The molecule has 0 saturated carbocycles. The topological polar surface area (TPSA) is 62.5 Å². The second kappa shape index (κ2) is 6.24. The van der Waals surface area contributed by atoms with E-state index >= 15 is 0 Å². The molecule has 1 atom stereocenters. The fraction of sp³-hybridized carbons (Fsp3) is 0.267. The standard InChI is InChI=1S/C15H16BrNO3/c1-15(19,9-13-6-3-7-20-13)10-17-14(18)11-4-2-5-12(16)8-11/h2-8,19H,9-10H2,1H3,(H,17,18). The van der Waals surface area contributed by atoms with Crippen molar-refractivity contribution in [3.8, 4) is 0 Å². The van der Waals surface area contributed by atoms with E-state index in [-0.39, 0.29) is 12.5 Å². The van der Waals surface area contributed by atoms with Gasteiger partial charge in [-0.05, 0) is 37.3 Å². The maximum atomic E-state index is 12.0. The molecule has 0 saturated heterocycles. The van der Waals surface area contributed by atoms with Gasteiger partial charge in [0.25, 0.3) is 5.91 Å². The Balaban J connectivity index is 1.92. The first-order chi connectivity index (χ1) is 9.46. The number of hydrogen-bond donors (Lipinski definition) is 2. The van der Waals surface area contributed by atoms with Crippen LogP contribution in [0, 0.1) is 0 Å². The van der Waals surface area contributed by atoms with Gasteiger partial charge in [0.1, 0.15) is 5.76 Å². The Bertz CT molecular complexity index is 579. The minimum atomic E-state index is -1.06. The van der Waals surface area contributed by atoms with Crippen LogP contribution < -0.4 is 5.32 Å². The predicted octanol–water partition coefficient (Wildman–Crippen LogP) is 2.77. The predicted molar refractivity (Wildman–Crippen MR) is 79.5 cm³/mol. The molecule has 2 aromatic rings. The lowest BCUT2D eigenvalue weighted by Gasteiger charge is -2.22. The van der Waals surface area contributed by atoms with E-state index in [1.165, 1.54) is 0 Å². The van der Waals surface area contributed by atoms with Crippen LogP contribution in [0.5, 0.6) is 0 Å². The first-order valence-corrected chi connectivity index (χ1v) is 7.04. The van der Waals surface area contributed by atoms with Crippen LogP contribution in [0.2, 0.25) is 0 Å². The van der Waals surface area contributed by atoms with Crippen LogP contribution in [0.4, 0.5) is 0 Å². The van der Waals surface area contributed by atoms with Crippen LogP contribution in [0.25, 0.3) is 0 Å². The number of carbonyl (C=O) groups is 1. The molecule has 0 aliphatic rings. The molecule has 0 spiro atoms. The van der Waals surface area contributed by atoms with Crippen molar-refractivity contribution in [2.75, 3.05) is 6.54 Å². The Morgan fingerprint density at radius 2 is 2.20 bits per heavy atom. The van der Waals surface area contributed by atoms with Crippen molar-refractivity contribution in [2.24, 2.45) is 0 Å². The van der Waals surface area contributed by atoms with Crippen LogP contribution in [0.1, 0.15) is 23.0 Å². The van der Waals surface area contributed by atoms with E-state index in [2.05, 4.69) is 21.2 Å². The molecule has 2 rings (SSSR count). The lowest BCUT2D eigenvalue weighted by Crippen LogP contribution is -2.42. The summed E-state index contributed by atoms with van der Waals surface area (Å²) < 4.78 is 6.04. The summed E-state index contributed by atoms with van der Waals surface area (Å²) in [6, 6.07) is 10.7. The van der Waals surface area contributed by atoms with Crippen molar-refractivity contribution >= 4 is 21.8 Å². The Kier molecular flexibility index (Phi) is 4.62. The minimum Gasteiger partial charge on any atom is -0.469 e. The summed E-state index contributed by atoms with van der Waals surface area (Å²) in [6.45, 7) is 1.82. The third kappa shape index (κ3) is 4.21. The summed E-state index contributed by atoms with van der Waals surface area (Å²) in [5.41, 5.74) is -0.507. The summed E-state index contributed by atoms with van der Waals surface area (Å²) >= 11 is 3.32. The first kappa shape index (κ1) is 14.8. The fourth-order valence-corrected chi connectivity index (χ4v) is 2.25. The van der Waals surface area contributed by atoms with Crippen molar-refractivity contribution in [1.82, 2.24) is 5.32 Å². The molecule has 2 N–H and O–H groups in total. The second-order valence-corrected chi connectivity index (χ2v) is 5.86. The number of rotatable bonds is 5. The normalized spacial score (nSPS) is 13.8. The van der Waals surface area contributed by atoms with E-state index in [0.29, 0.717) is 17.7 Å². The number of nitrogens with one attached hydrogen (secondary N) is 1. The molecule has 0 aliphatic carbocycles. The zero-order valence-electron chi connectivity index (χ0n) is 11.1. The molecular weight excluding hydrogens is 322 g/mol. The molecule has 1 amide bonds. The molecule has 0 aliphatic heterocycles. The largest absolute Gasteiger partial charge is 0.469 e. The average Bonchev–Trinajstić information content (AvgIpc) is 2.88. The highest BCUT2D eigenvalue weighted by Gasteiger charge is 2.23. The molecule has 20 heavy (non-hydrogen) atoms. The van der Waals surface area contributed by atoms with Crippen LogP contribution in [0.15, 0.2) is 51.6 Å². The van der Waals surface area contributed by atoms with Crippen molar-refractivity contribution in [1.29, 1.82) is 0 Å². The fourth-order valence-electron chi connectivity index (χ4n) is 1.85. The zero-order chi connectivity index (χ0) is 14.6. The average molecular weight is 338 g/mol. The third-order valence-corrected chi connectivity index (χ3v) is 3.35. The van der Waals surface area contributed by atoms with Crippen molar-refractivity contribution in [2.45, 2.75) is 18.9 Å². The number of amides is 1. The molecular formula is C15H16BrNO3. The molecule has 5 heteroatoms. The lowest BCUT2D eigenvalue weighted by atomic mass is 10.0. The van der Waals surface area contributed by atoms with E-state index < -0.39 is 5.60 Å². The molecule has 0 fully saturated rings. The van der Waals surface area contributed by atoms with Gasteiger partial charge >= 0.3 is 0 Å². The molecule has 1 aromatic heterocycles. The lowest BCUT2D eigenvalue weighted by molar-refractivity contribution is 0.0510. The molecule has 1 unspecified atom stereocenters. The molecule has 106 valence electrons. The summed E-state index contributed by atoms with van der Waals surface area (Å²) in [4.78, 5) is 12.0. The number of carbonyl (C=O) groups excluding carboxylic acids is 1. The van der Waals surface area contributed by atoms with E-state index in [1.807, 2.05) is 6.07 Å². The maximum absolute atomic E-state index is 12.0. The van der Waals surface area contributed by atoms with E-state index in [4.69, 9.17) is 4.42 Å². The van der Waals surface area contributed by atoms with Gasteiger partial charge in [0.2, 0.25) is 0 Å². The molecule has 1 heterocycles. The van der Waals surface area contributed by atoms with Gasteiger partial charge in [-0.1, -0.05) is 22.0 Å². The summed E-state index contributed by atoms with van der Waals surface area (Å²) in [7, 11) is 0. The second-order valence-electron chi connectivity index (χ2n) is 4.95. The SMILES string of the molecule is CC(O)(CNC(=O)c1cccc(Br)c1)Cc1ccco1. The third-order valence-electron chi connectivity index (χ3n) is 2.85. The van der Waals surface area contributed by atoms with Crippen LogP contribution in [-0.4, -0.2) is 23.2 Å². The summed E-state index contributed by atoms with van der Waals surface area (Å²) in [5.74, 6) is 0.470. The number of halogens is 1. The van der Waals surface area contributed by atoms with Crippen LogP contribution in [0.3, 0.4) is 0 Å². The molecule has 0 bridgehead atoms. The van der Waals surface area contributed by atoms with Gasteiger partial charge in [-0.25, -0.2) is 0 Å². The summed E-state index contributed by atoms with van der Waals surface area (Å²) in [5, 5.41) is 13.0. The van der Waals surface area contributed by atoms with Gasteiger partial charge in [-0.3, -0.25) is 4.79 Å². The first-order valence-electron chi connectivity index (χ1n) is 6.25.